The molecule has 0 radical (unpaired) electrons. The SMILES string of the molecule is CCC1Oc2ccc(C(O)C3CCCCN3)cc2N(C)C1=O. The number of likely N-dealkylation sites (N-methyl/N-ethyl adjacent to an activating group) is 1. The predicted octanol–water partition coefficient (Wildman–Crippen LogP) is 2.00. The molecule has 2 heterocycles. The number of carbonyl (C=O) groups excluding carboxylic acids is 1. The molecular weight excluding hydrogens is 280 g/mol. The van der Waals surface area contributed by atoms with E-state index in [0.29, 0.717) is 12.2 Å². The molecule has 0 saturated carbocycles. The molecule has 1 aromatic rings. The molecule has 3 atom stereocenters. The molecule has 2 aliphatic rings. The van der Waals surface area contributed by atoms with Gasteiger partial charge in [-0.05, 0) is 43.5 Å². The van der Waals surface area contributed by atoms with Crippen molar-refractivity contribution >= 4 is 11.6 Å². The molecule has 120 valence electrons. The van der Waals surface area contributed by atoms with Crippen molar-refractivity contribution in [1.29, 1.82) is 0 Å². The average molecular weight is 304 g/mol. The van der Waals surface area contributed by atoms with Gasteiger partial charge in [0.05, 0.1) is 11.8 Å². The Labute approximate surface area is 131 Å². The summed E-state index contributed by atoms with van der Waals surface area (Å²) in [5, 5.41) is 14.0. The second-order valence-electron chi connectivity index (χ2n) is 6.14. The van der Waals surface area contributed by atoms with Crippen molar-refractivity contribution in [2.75, 3.05) is 18.5 Å². The molecule has 2 N–H and O–H groups in total. The fourth-order valence-electron chi connectivity index (χ4n) is 3.26. The molecular formula is C17H24N2O3. The number of nitrogens with one attached hydrogen (secondary N) is 1. The number of ether oxygens (including phenoxy) is 1. The van der Waals surface area contributed by atoms with E-state index < -0.39 is 12.2 Å². The quantitative estimate of drug-likeness (QED) is 0.896. The number of aliphatic hydroxyl groups is 1. The Hall–Kier alpha value is -1.59. The molecule has 3 rings (SSSR count). The van der Waals surface area contributed by atoms with E-state index in [0.717, 1.165) is 37.1 Å². The summed E-state index contributed by atoms with van der Waals surface area (Å²) < 4.78 is 5.76. The maximum absolute atomic E-state index is 12.2. The highest BCUT2D eigenvalue weighted by Gasteiger charge is 2.32. The molecule has 0 aliphatic carbocycles. The molecule has 1 amide bonds. The zero-order valence-corrected chi connectivity index (χ0v) is 13.2. The number of benzene rings is 1. The molecule has 0 spiro atoms. The zero-order valence-electron chi connectivity index (χ0n) is 13.2. The summed E-state index contributed by atoms with van der Waals surface area (Å²) in [5.74, 6) is 0.680. The number of hydrogen-bond acceptors (Lipinski definition) is 4. The molecule has 1 saturated heterocycles. The maximum Gasteiger partial charge on any atom is 0.267 e. The van der Waals surface area contributed by atoms with Gasteiger partial charge < -0.3 is 20.1 Å². The van der Waals surface area contributed by atoms with Crippen LogP contribution in [0.5, 0.6) is 5.75 Å². The lowest BCUT2D eigenvalue weighted by Gasteiger charge is -2.33. The van der Waals surface area contributed by atoms with Gasteiger partial charge >= 0.3 is 0 Å². The topological polar surface area (TPSA) is 61.8 Å². The third-order valence-electron chi connectivity index (χ3n) is 4.66. The second kappa shape index (κ2) is 6.26. The molecule has 0 aromatic heterocycles. The smallest absolute Gasteiger partial charge is 0.267 e. The lowest BCUT2D eigenvalue weighted by atomic mass is 9.94. The molecule has 5 nitrogen and oxygen atoms in total. The van der Waals surface area contributed by atoms with Crippen molar-refractivity contribution in [3.63, 3.8) is 0 Å². The van der Waals surface area contributed by atoms with E-state index in [1.165, 1.54) is 0 Å². The first-order chi connectivity index (χ1) is 10.6. The third-order valence-corrected chi connectivity index (χ3v) is 4.66. The number of fused-ring (bicyclic) bond motifs is 1. The molecule has 1 fully saturated rings. The Kier molecular flexibility index (Phi) is 4.36. The highest BCUT2D eigenvalue weighted by atomic mass is 16.5. The van der Waals surface area contributed by atoms with Crippen LogP contribution in [0.3, 0.4) is 0 Å². The van der Waals surface area contributed by atoms with Gasteiger partial charge in [0.1, 0.15) is 5.75 Å². The largest absolute Gasteiger partial charge is 0.478 e. The van der Waals surface area contributed by atoms with Gasteiger partial charge in [-0.25, -0.2) is 0 Å². The van der Waals surface area contributed by atoms with Gasteiger partial charge in [0.15, 0.2) is 6.10 Å². The first-order valence-corrected chi connectivity index (χ1v) is 8.11. The van der Waals surface area contributed by atoms with Crippen molar-refractivity contribution in [3.05, 3.63) is 23.8 Å². The Morgan fingerprint density at radius 1 is 1.45 bits per heavy atom. The molecule has 2 aliphatic heterocycles. The Morgan fingerprint density at radius 3 is 2.95 bits per heavy atom. The van der Waals surface area contributed by atoms with Crippen LogP contribution in [0.2, 0.25) is 0 Å². The summed E-state index contributed by atoms with van der Waals surface area (Å²) in [7, 11) is 1.77. The highest BCUT2D eigenvalue weighted by Crippen LogP contribution is 2.37. The van der Waals surface area contributed by atoms with Gasteiger partial charge in [0.25, 0.3) is 5.91 Å². The highest BCUT2D eigenvalue weighted by molar-refractivity contribution is 5.99. The van der Waals surface area contributed by atoms with E-state index in [1.807, 2.05) is 25.1 Å². The van der Waals surface area contributed by atoms with Crippen LogP contribution in [0.15, 0.2) is 18.2 Å². The lowest BCUT2D eigenvalue weighted by molar-refractivity contribution is -0.126. The van der Waals surface area contributed by atoms with E-state index in [2.05, 4.69) is 5.32 Å². The van der Waals surface area contributed by atoms with Crippen LogP contribution in [0, 0.1) is 0 Å². The van der Waals surface area contributed by atoms with E-state index in [1.54, 1.807) is 11.9 Å². The van der Waals surface area contributed by atoms with Crippen molar-refractivity contribution < 1.29 is 14.6 Å². The van der Waals surface area contributed by atoms with Crippen LogP contribution < -0.4 is 15.0 Å². The van der Waals surface area contributed by atoms with E-state index in [4.69, 9.17) is 4.74 Å². The minimum atomic E-state index is -0.557. The van der Waals surface area contributed by atoms with Gasteiger partial charge in [-0.15, -0.1) is 0 Å². The van der Waals surface area contributed by atoms with E-state index in [9.17, 15) is 9.90 Å². The monoisotopic (exact) mass is 304 g/mol. The van der Waals surface area contributed by atoms with Crippen LogP contribution in [-0.2, 0) is 4.79 Å². The number of anilines is 1. The second-order valence-corrected chi connectivity index (χ2v) is 6.14. The summed E-state index contributed by atoms with van der Waals surface area (Å²) in [6.45, 7) is 2.89. The summed E-state index contributed by atoms with van der Waals surface area (Å²) in [5.41, 5.74) is 1.57. The van der Waals surface area contributed by atoms with Crippen molar-refractivity contribution in [2.45, 2.75) is 50.9 Å². The van der Waals surface area contributed by atoms with Crippen LogP contribution in [0.4, 0.5) is 5.69 Å². The molecule has 22 heavy (non-hydrogen) atoms. The molecule has 1 aromatic carbocycles. The van der Waals surface area contributed by atoms with E-state index >= 15 is 0 Å². The Morgan fingerprint density at radius 2 is 2.27 bits per heavy atom. The van der Waals surface area contributed by atoms with Crippen molar-refractivity contribution in [1.82, 2.24) is 5.32 Å². The van der Waals surface area contributed by atoms with Crippen LogP contribution >= 0.6 is 0 Å². The molecule has 3 unspecified atom stereocenters. The first-order valence-electron chi connectivity index (χ1n) is 8.11. The number of hydrogen-bond donors (Lipinski definition) is 2. The van der Waals surface area contributed by atoms with Gasteiger partial charge in [-0.1, -0.05) is 19.4 Å². The molecule has 5 heteroatoms. The Bertz CT molecular complexity index is 555. The number of amides is 1. The Balaban J connectivity index is 1.85. The van der Waals surface area contributed by atoms with E-state index in [-0.39, 0.29) is 11.9 Å². The van der Waals surface area contributed by atoms with Crippen molar-refractivity contribution in [3.8, 4) is 5.75 Å². The fourth-order valence-corrected chi connectivity index (χ4v) is 3.26. The number of aliphatic hydroxyl groups excluding tert-OH is 1. The van der Waals surface area contributed by atoms with Gasteiger partial charge in [0.2, 0.25) is 0 Å². The lowest BCUT2D eigenvalue weighted by Crippen LogP contribution is -2.43. The number of carbonyl (C=O) groups is 1. The minimum absolute atomic E-state index is 0.0302. The normalized spacial score (nSPS) is 26.3. The average Bonchev–Trinajstić information content (AvgIpc) is 2.58. The zero-order chi connectivity index (χ0) is 15.7. The minimum Gasteiger partial charge on any atom is -0.478 e. The van der Waals surface area contributed by atoms with Crippen molar-refractivity contribution in [2.24, 2.45) is 0 Å². The number of rotatable bonds is 3. The number of piperidine rings is 1. The predicted molar refractivity (Wildman–Crippen MR) is 85.2 cm³/mol. The van der Waals surface area contributed by atoms with Crippen LogP contribution in [0.1, 0.15) is 44.3 Å². The van der Waals surface area contributed by atoms with Gasteiger partial charge in [-0.2, -0.15) is 0 Å². The number of nitrogens with zero attached hydrogens (tertiary/aromatic N) is 1. The summed E-state index contributed by atoms with van der Waals surface area (Å²) >= 11 is 0. The van der Waals surface area contributed by atoms with Gasteiger partial charge in [-0.3, -0.25) is 4.79 Å². The third kappa shape index (κ3) is 2.71. The van der Waals surface area contributed by atoms with Crippen LogP contribution in [-0.4, -0.2) is 36.8 Å². The summed E-state index contributed by atoms with van der Waals surface area (Å²) in [4.78, 5) is 13.9. The first kappa shape index (κ1) is 15.3. The standard InChI is InChI=1S/C17H24N2O3/c1-3-14-17(21)19(2)13-10-11(7-8-15(13)22-14)16(20)12-6-4-5-9-18-12/h7-8,10,12,14,16,18,20H,3-6,9H2,1-2H3. The molecule has 0 bridgehead atoms. The fraction of sp³-hybridized carbons (Fsp3) is 0.588. The summed E-state index contributed by atoms with van der Waals surface area (Å²) in [6, 6.07) is 5.72. The maximum atomic E-state index is 12.2. The van der Waals surface area contributed by atoms with Crippen LogP contribution in [0.25, 0.3) is 0 Å². The van der Waals surface area contributed by atoms with Gasteiger partial charge in [0, 0.05) is 13.1 Å². The summed E-state index contributed by atoms with van der Waals surface area (Å²) in [6.07, 6.45) is 2.96.